The van der Waals surface area contributed by atoms with Crippen LogP contribution in [-0.2, 0) is 47.7 Å². The van der Waals surface area contributed by atoms with Gasteiger partial charge >= 0.3 is 48.4 Å². The van der Waals surface area contributed by atoms with Gasteiger partial charge in [0.2, 0.25) is 0 Å². The van der Waals surface area contributed by atoms with Crippen molar-refractivity contribution < 1.29 is 133 Å². The van der Waals surface area contributed by atoms with Crippen LogP contribution in [0.1, 0.15) is 311 Å². The lowest BCUT2D eigenvalue weighted by Crippen LogP contribution is -2.72. The van der Waals surface area contributed by atoms with Gasteiger partial charge in [-0.1, -0.05) is 34.6 Å². The molecule has 15 saturated carbocycles. The Labute approximate surface area is 650 Å². The molecule has 15 rings (SSSR count). The van der Waals surface area contributed by atoms with E-state index in [0.29, 0.717) is 102 Å². The fraction of sp³-hybridized carbons (Fsp3) is 0.940. The van der Waals surface area contributed by atoms with E-state index in [4.69, 9.17) is 23.7 Å². The average molecular weight is 1610 g/mol. The number of hydrogen-bond donors (Lipinski definition) is 9. The molecule has 14 bridgehead atoms. The summed E-state index contributed by atoms with van der Waals surface area (Å²) in [7, 11) is 0. The highest BCUT2D eigenvalue weighted by atomic mass is 19.4. The van der Waals surface area contributed by atoms with Crippen molar-refractivity contribution >= 4 is 29.8 Å². The molecular formula is C83H133F9O19. The highest BCUT2D eigenvalue weighted by Gasteiger charge is 2.71. The Hall–Kier alpha value is -3.64. The van der Waals surface area contributed by atoms with Gasteiger partial charge in [0.15, 0.2) is 16.8 Å². The zero-order valence-corrected chi connectivity index (χ0v) is 68.9. The zero-order valence-electron chi connectivity index (χ0n) is 68.9. The summed E-state index contributed by atoms with van der Waals surface area (Å²) in [5, 5.41) is 93.5. The van der Waals surface area contributed by atoms with Crippen LogP contribution in [-0.4, -0.2) is 174 Å². The molecule has 13 unspecified atom stereocenters. The summed E-state index contributed by atoms with van der Waals surface area (Å²) < 4.78 is 146. The first kappa shape index (κ1) is 92.9. The van der Waals surface area contributed by atoms with Crippen LogP contribution in [0, 0.1) is 80.3 Å². The number of aliphatic hydroxyl groups is 9. The highest BCUT2D eigenvalue weighted by Crippen LogP contribution is 2.65. The molecule has 13 atom stereocenters. The molecule has 0 heterocycles. The van der Waals surface area contributed by atoms with Crippen molar-refractivity contribution in [1.29, 1.82) is 0 Å². The minimum Gasteiger partial charge on any atom is -0.462 e. The lowest BCUT2D eigenvalue weighted by atomic mass is 9.48. The summed E-state index contributed by atoms with van der Waals surface area (Å²) in [6, 6.07) is 0. The Morgan fingerprint density at radius 3 is 1.05 bits per heavy atom. The Kier molecular flexibility index (Phi) is 25.9. The molecule has 0 aromatic heterocycles. The number of esters is 5. The van der Waals surface area contributed by atoms with Crippen molar-refractivity contribution in [2.45, 2.75) is 409 Å². The van der Waals surface area contributed by atoms with Gasteiger partial charge < -0.3 is 69.6 Å². The van der Waals surface area contributed by atoms with E-state index in [1.165, 1.54) is 0 Å². The Bertz CT molecular complexity index is 3220. The number of carbonyl (C=O) groups excluding carboxylic acids is 5. The van der Waals surface area contributed by atoms with Crippen LogP contribution in [0.15, 0.2) is 0 Å². The molecule has 0 aromatic rings. The minimum atomic E-state index is -5.10. The molecule has 19 nitrogen and oxygen atoms in total. The molecule has 0 saturated heterocycles. The number of hydrogen-bond acceptors (Lipinski definition) is 19. The first-order valence-electron chi connectivity index (χ1n) is 40.8. The first-order chi connectivity index (χ1) is 50.0. The van der Waals surface area contributed by atoms with E-state index < -0.39 is 145 Å². The topological polar surface area (TPSA) is 314 Å². The fourth-order valence-corrected chi connectivity index (χ4v) is 21.4. The van der Waals surface area contributed by atoms with Gasteiger partial charge in [-0.15, -0.1) is 0 Å². The molecule has 15 aliphatic rings. The van der Waals surface area contributed by atoms with Crippen molar-refractivity contribution in [3.8, 4) is 0 Å². The van der Waals surface area contributed by atoms with Gasteiger partial charge in [0.25, 0.3) is 0 Å². The maximum absolute atomic E-state index is 13.3. The highest BCUT2D eigenvalue weighted by molar-refractivity contribution is 5.78. The summed E-state index contributed by atoms with van der Waals surface area (Å²) in [6.07, 6.45) is -2.49. The number of carbonyl (C=O) groups is 5. The molecule has 0 aromatic carbocycles. The van der Waals surface area contributed by atoms with Crippen molar-refractivity contribution in [2.24, 2.45) is 80.3 Å². The Balaban J connectivity index is 0.000000175. The van der Waals surface area contributed by atoms with E-state index in [9.17, 15) is 109 Å². The van der Waals surface area contributed by atoms with E-state index >= 15 is 0 Å². The van der Waals surface area contributed by atoms with Gasteiger partial charge in [-0.3, -0.25) is 24.0 Å². The van der Waals surface area contributed by atoms with Crippen molar-refractivity contribution in [1.82, 2.24) is 0 Å². The maximum Gasteiger partial charge on any atom is 0.417 e. The van der Waals surface area contributed by atoms with Crippen molar-refractivity contribution in [3.05, 3.63) is 0 Å². The van der Waals surface area contributed by atoms with Crippen LogP contribution in [0.4, 0.5) is 39.5 Å². The van der Waals surface area contributed by atoms with Crippen molar-refractivity contribution in [3.63, 3.8) is 0 Å². The summed E-state index contributed by atoms with van der Waals surface area (Å²) in [5.74, 6) is -3.08. The van der Waals surface area contributed by atoms with E-state index in [1.807, 2.05) is 83.1 Å². The quantitative estimate of drug-likeness (QED) is 0.0330. The molecule has 0 spiro atoms. The number of fused-ring (bicyclic) bond motifs is 2. The monoisotopic (exact) mass is 1600 g/mol. The molecule has 15 aliphatic carbocycles. The molecular weight excluding hydrogens is 1470 g/mol. The number of ether oxygens (including phenoxy) is 5. The third kappa shape index (κ3) is 20.2. The van der Waals surface area contributed by atoms with Gasteiger partial charge in [-0.05, 0) is 260 Å². The van der Waals surface area contributed by atoms with E-state index in [-0.39, 0.29) is 90.9 Å². The van der Waals surface area contributed by atoms with Gasteiger partial charge in [-0.2, -0.15) is 39.5 Å². The summed E-state index contributed by atoms with van der Waals surface area (Å²) >= 11 is 0. The molecule has 0 aliphatic heterocycles. The van der Waals surface area contributed by atoms with Gasteiger partial charge in [-0.25, -0.2) is 0 Å². The van der Waals surface area contributed by atoms with Crippen molar-refractivity contribution in [2.75, 3.05) is 0 Å². The average Bonchev–Trinajstić information content (AvgIpc) is 0.962. The second kappa shape index (κ2) is 30.9. The molecule has 15 fully saturated rings. The Morgan fingerprint density at radius 1 is 0.342 bits per heavy atom. The van der Waals surface area contributed by atoms with E-state index in [0.717, 1.165) is 77.6 Å². The largest absolute Gasteiger partial charge is 0.462 e. The third-order valence-electron chi connectivity index (χ3n) is 29.2. The summed E-state index contributed by atoms with van der Waals surface area (Å²) in [4.78, 5) is 61.6. The predicted molar refractivity (Wildman–Crippen MR) is 390 cm³/mol. The Morgan fingerprint density at radius 2 is 0.694 bits per heavy atom. The van der Waals surface area contributed by atoms with Gasteiger partial charge in [0.1, 0.15) is 29.5 Å². The molecule has 28 heteroatoms. The SMILES string of the molecule is CCC(C)(C)C(=O)OC12CC3(O)CC(O)(CC(O)(C3)C1)C2.CCC(C)(C)C(=O)OC12CC3CC(O)(CC(O)(C3)C1)C2.CCC(C)(C)C(=O)OC1C2CC3CC1CC(O)(C3)C2.CCC(C)(C)C(=O)OC1CC(C(C)(O)C(F)(F)F)CC(C(C)(O)C(F)(F)F)C1.CCC(C)(C)C(=O)OC1CC2CC1CC2CC(C)(O)C(F)(F)F. The van der Waals surface area contributed by atoms with Crippen LogP contribution in [0.2, 0.25) is 0 Å². The summed E-state index contributed by atoms with van der Waals surface area (Å²) in [5.41, 5.74) is -19.3. The first-order valence-corrected chi connectivity index (χ1v) is 40.8. The third-order valence-corrected chi connectivity index (χ3v) is 29.2. The lowest BCUT2D eigenvalue weighted by molar-refractivity contribution is -0.303. The maximum atomic E-state index is 13.3. The fourth-order valence-electron chi connectivity index (χ4n) is 21.4. The number of rotatable bonds is 19. The normalized spacial score (nSPS) is 39.4. The molecule has 9 N–H and O–H groups in total. The van der Waals surface area contributed by atoms with Crippen LogP contribution in [0.5, 0.6) is 0 Å². The molecule has 111 heavy (non-hydrogen) atoms. The van der Waals surface area contributed by atoms with Crippen LogP contribution in [0.3, 0.4) is 0 Å². The second-order valence-corrected chi connectivity index (χ2v) is 41.4. The molecule has 0 amide bonds. The summed E-state index contributed by atoms with van der Waals surface area (Å²) in [6.45, 7) is 29.5. The van der Waals surface area contributed by atoms with Gasteiger partial charge in [0.05, 0.1) is 60.7 Å². The van der Waals surface area contributed by atoms with Gasteiger partial charge in [0, 0.05) is 69.6 Å². The number of halogens is 9. The lowest BCUT2D eigenvalue weighted by Gasteiger charge is -2.65. The smallest absolute Gasteiger partial charge is 0.417 e. The standard InChI is InChI=1S/C18H28F6O4.C17H27F3O3.C16H26O5.C16H26O4.C16H26O3/c1-6-14(2,3)13(25)28-12-8-10(15(4,26)17(19,20)21)7-11(9-12)16(5,27)18(22,23)24;1-5-15(2,3)14(21)23-13-8-10-6-11(13)7-12(10)9-16(4,22)17(18,19)20;1-4-12(2,3)11(17)21-16-8-13(18)5-14(19,9-16)7-15(20,6-13)10-16;1-4-13(2,3)12(17)20-16-7-11-5-14(18,9-16)8-15(19,6-11)10-16;1-4-15(2,3)14(17)19-13-11-5-10-6-12(13)9-16(18,7-10)8-11/h10-12,26-27H,6-9H2,1-5H3;10-13,22H,5-9H2,1-4H3;18-20H,4-10H2,1-3H3;11,18-19H,4-10H2,1-3H3;10-13,18H,4-9H2,1-3H3. The number of alkyl halides is 9. The van der Waals surface area contributed by atoms with Crippen LogP contribution >= 0.6 is 0 Å². The van der Waals surface area contributed by atoms with Crippen LogP contribution < -0.4 is 0 Å². The van der Waals surface area contributed by atoms with E-state index in [1.54, 1.807) is 20.8 Å². The minimum absolute atomic E-state index is 0.0561. The second-order valence-electron chi connectivity index (χ2n) is 41.4. The molecule has 642 valence electrons. The predicted octanol–water partition coefficient (Wildman–Crippen LogP) is 14.8. The molecule has 0 radical (unpaired) electrons. The zero-order chi connectivity index (χ0) is 84.4. The van der Waals surface area contributed by atoms with Crippen LogP contribution in [0.25, 0.3) is 0 Å². The van der Waals surface area contributed by atoms with E-state index in [2.05, 4.69) is 0 Å².